The zero-order chi connectivity index (χ0) is 8.55. The molecule has 0 amide bonds. The fourth-order valence-corrected chi connectivity index (χ4v) is 1.50. The van der Waals surface area contributed by atoms with Crippen LogP contribution < -0.4 is 0 Å². The van der Waals surface area contributed by atoms with Crippen molar-refractivity contribution in [3.8, 4) is 0 Å². The summed E-state index contributed by atoms with van der Waals surface area (Å²) in [5.74, 6) is 0. The largest absolute Gasteiger partial charge is 0.300 e. The first-order chi connectivity index (χ1) is 5.83. The van der Waals surface area contributed by atoms with Crippen LogP contribution in [-0.2, 0) is 6.54 Å². The van der Waals surface area contributed by atoms with Crippen LogP contribution in [0, 0.1) is 0 Å². The van der Waals surface area contributed by atoms with E-state index in [1.807, 2.05) is 23.6 Å². The molecule has 4 heteroatoms. The predicted octanol–water partition coefficient (Wildman–Crippen LogP) is 2.10. The van der Waals surface area contributed by atoms with Gasteiger partial charge in [0.25, 0.3) is 0 Å². The molecule has 12 heavy (non-hydrogen) atoms. The van der Waals surface area contributed by atoms with Gasteiger partial charge >= 0.3 is 0 Å². The highest BCUT2D eigenvalue weighted by atomic mass is 35.5. The van der Waals surface area contributed by atoms with E-state index in [2.05, 4.69) is 9.97 Å². The van der Waals surface area contributed by atoms with Gasteiger partial charge in [0.05, 0.1) is 0 Å². The molecule has 0 saturated heterocycles. The lowest BCUT2D eigenvalue weighted by Gasteiger charge is -1.97. The number of pyridine rings is 1. The minimum Gasteiger partial charge on any atom is -0.300 e. The number of hydrogen-bond donors (Lipinski definition) is 0. The van der Waals surface area contributed by atoms with Crippen molar-refractivity contribution < 1.29 is 0 Å². The molecule has 2 heterocycles. The molecule has 0 saturated carbocycles. The molecule has 0 fully saturated rings. The van der Waals surface area contributed by atoms with Crippen molar-refractivity contribution in [2.75, 3.05) is 0 Å². The van der Waals surface area contributed by atoms with Crippen molar-refractivity contribution in [1.29, 1.82) is 0 Å². The van der Waals surface area contributed by atoms with Gasteiger partial charge in [-0.05, 0) is 30.7 Å². The predicted molar refractivity (Wildman–Crippen MR) is 48.2 cm³/mol. The van der Waals surface area contributed by atoms with E-state index in [0.29, 0.717) is 5.28 Å². The lowest BCUT2D eigenvalue weighted by atomic mass is 10.4. The Labute approximate surface area is 75.0 Å². The van der Waals surface area contributed by atoms with Crippen molar-refractivity contribution in [3.63, 3.8) is 0 Å². The van der Waals surface area contributed by atoms with Crippen LogP contribution >= 0.6 is 11.6 Å². The minimum atomic E-state index is 0.506. The lowest BCUT2D eigenvalue weighted by Crippen LogP contribution is -1.94. The SMILES string of the molecule is CCn1c(Cl)nc2cccnc21. The molecule has 0 N–H and O–H groups in total. The van der Waals surface area contributed by atoms with Crippen LogP contribution in [0.5, 0.6) is 0 Å². The second-order valence-electron chi connectivity index (χ2n) is 2.47. The van der Waals surface area contributed by atoms with Gasteiger partial charge in [-0.1, -0.05) is 0 Å². The Morgan fingerprint density at radius 1 is 1.58 bits per heavy atom. The molecule has 0 aliphatic rings. The highest BCUT2D eigenvalue weighted by molar-refractivity contribution is 6.29. The number of aromatic nitrogens is 3. The van der Waals surface area contributed by atoms with Crippen LogP contribution in [0.25, 0.3) is 11.2 Å². The highest BCUT2D eigenvalue weighted by Gasteiger charge is 2.06. The van der Waals surface area contributed by atoms with Crippen LogP contribution in [0.4, 0.5) is 0 Å². The number of rotatable bonds is 1. The summed E-state index contributed by atoms with van der Waals surface area (Å²) in [6.07, 6.45) is 1.74. The van der Waals surface area contributed by atoms with Gasteiger partial charge in [0.2, 0.25) is 5.28 Å². The Balaban J connectivity index is 2.81. The molecule has 2 rings (SSSR count). The van der Waals surface area contributed by atoms with Crippen LogP contribution in [0.3, 0.4) is 0 Å². The molecule has 62 valence electrons. The molecule has 0 radical (unpaired) electrons. The van der Waals surface area contributed by atoms with Gasteiger partial charge < -0.3 is 0 Å². The number of halogens is 1. The molecule has 3 nitrogen and oxygen atoms in total. The van der Waals surface area contributed by atoms with E-state index in [1.165, 1.54) is 0 Å². The molecule has 0 aromatic carbocycles. The Morgan fingerprint density at radius 2 is 2.42 bits per heavy atom. The van der Waals surface area contributed by atoms with E-state index in [4.69, 9.17) is 11.6 Å². The van der Waals surface area contributed by atoms with Crippen molar-refractivity contribution in [2.45, 2.75) is 13.5 Å². The first kappa shape index (κ1) is 7.55. The number of fused-ring (bicyclic) bond motifs is 1. The standard InChI is InChI=1S/C8H8ClN3/c1-2-12-7-6(11-8(12)9)4-3-5-10-7/h3-5H,2H2,1H3. The Bertz CT molecular complexity index is 408. The number of aryl methyl sites for hydroxylation is 1. The molecular formula is C8H8ClN3. The van der Waals surface area contributed by atoms with E-state index >= 15 is 0 Å². The Morgan fingerprint density at radius 3 is 3.17 bits per heavy atom. The molecular weight excluding hydrogens is 174 g/mol. The van der Waals surface area contributed by atoms with Gasteiger partial charge in [-0.3, -0.25) is 4.57 Å². The van der Waals surface area contributed by atoms with Gasteiger partial charge in [0, 0.05) is 12.7 Å². The molecule has 0 aliphatic carbocycles. The first-order valence-corrected chi connectivity index (χ1v) is 4.17. The topological polar surface area (TPSA) is 30.7 Å². The third-order valence-corrected chi connectivity index (χ3v) is 2.06. The van der Waals surface area contributed by atoms with Gasteiger partial charge in [-0.2, -0.15) is 0 Å². The first-order valence-electron chi connectivity index (χ1n) is 3.79. The summed E-state index contributed by atoms with van der Waals surface area (Å²) in [7, 11) is 0. The van der Waals surface area contributed by atoms with Crippen molar-refractivity contribution in [1.82, 2.24) is 14.5 Å². The number of hydrogen-bond acceptors (Lipinski definition) is 2. The van der Waals surface area contributed by atoms with Crippen LogP contribution in [0.2, 0.25) is 5.28 Å². The van der Waals surface area contributed by atoms with Gasteiger partial charge in [0.15, 0.2) is 5.65 Å². The minimum absolute atomic E-state index is 0.506. The maximum atomic E-state index is 5.88. The zero-order valence-corrected chi connectivity index (χ0v) is 7.41. The van der Waals surface area contributed by atoms with E-state index in [-0.39, 0.29) is 0 Å². The van der Waals surface area contributed by atoms with Gasteiger partial charge in [-0.25, -0.2) is 9.97 Å². The molecule has 0 bridgehead atoms. The number of nitrogens with zero attached hydrogens (tertiary/aromatic N) is 3. The summed E-state index contributed by atoms with van der Waals surface area (Å²) in [4.78, 5) is 8.34. The van der Waals surface area contributed by atoms with E-state index < -0.39 is 0 Å². The van der Waals surface area contributed by atoms with Crippen LogP contribution in [-0.4, -0.2) is 14.5 Å². The van der Waals surface area contributed by atoms with E-state index in [0.717, 1.165) is 17.7 Å². The number of imidazole rings is 1. The van der Waals surface area contributed by atoms with Gasteiger partial charge in [0.1, 0.15) is 5.52 Å². The maximum absolute atomic E-state index is 5.88. The summed E-state index contributed by atoms with van der Waals surface area (Å²) < 4.78 is 1.87. The quantitative estimate of drug-likeness (QED) is 0.675. The summed E-state index contributed by atoms with van der Waals surface area (Å²) in [5.41, 5.74) is 1.70. The van der Waals surface area contributed by atoms with Crippen molar-refractivity contribution >= 4 is 22.8 Å². The van der Waals surface area contributed by atoms with Crippen molar-refractivity contribution in [3.05, 3.63) is 23.6 Å². The molecule has 0 atom stereocenters. The summed E-state index contributed by atoms with van der Waals surface area (Å²) in [6, 6.07) is 3.76. The average molecular weight is 182 g/mol. The zero-order valence-electron chi connectivity index (χ0n) is 6.66. The second-order valence-corrected chi connectivity index (χ2v) is 2.81. The molecule has 0 spiro atoms. The normalized spacial score (nSPS) is 10.8. The van der Waals surface area contributed by atoms with Crippen molar-refractivity contribution in [2.24, 2.45) is 0 Å². The van der Waals surface area contributed by atoms with E-state index in [1.54, 1.807) is 6.20 Å². The summed E-state index contributed by atoms with van der Waals surface area (Å²) >= 11 is 5.88. The molecule has 2 aromatic rings. The van der Waals surface area contributed by atoms with E-state index in [9.17, 15) is 0 Å². The second kappa shape index (κ2) is 2.75. The molecule has 2 aromatic heterocycles. The maximum Gasteiger partial charge on any atom is 0.204 e. The van der Waals surface area contributed by atoms with Crippen LogP contribution in [0.1, 0.15) is 6.92 Å². The Kier molecular flexibility index (Phi) is 1.73. The summed E-state index contributed by atoms with van der Waals surface area (Å²) in [5, 5.41) is 0.506. The van der Waals surface area contributed by atoms with Gasteiger partial charge in [-0.15, -0.1) is 0 Å². The smallest absolute Gasteiger partial charge is 0.204 e. The average Bonchev–Trinajstić information content (AvgIpc) is 2.40. The summed E-state index contributed by atoms with van der Waals surface area (Å²) in [6.45, 7) is 2.81. The monoisotopic (exact) mass is 181 g/mol. The fraction of sp³-hybridized carbons (Fsp3) is 0.250. The fourth-order valence-electron chi connectivity index (χ4n) is 1.21. The third-order valence-electron chi connectivity index (χ3n) is 1.77. The third kappa shape index (κ3) is 0.975. The molecule has 0 unspecified atom stereocenters. The highest BCUT2D eigenvalue weighted by Crippen LogP contribution is 2.16. The van der Waals surface area contributed by atoms with Crippen LogP contribution in [0.15, 0.2) is 18.3 Å². The lowest BCUT2D eigenvalue weighted by molar-refractivity contribution is 0.779. The Hall–Kier alpha value is -1.09. The molecule has 0 aliphatic heterocycles.